The van der Waals surface area contributed by atoms with Crippen molar-refractivity contribution in [2.24, 2.45) is 0 Å². The van der Waals surface area contributed by atoms with Crippen molar-refractivity contribution in [3.05, 3.63) is 94.1 Å². The van der Waals surface area contributed by atoms with E-state index in [1.54, 1.807) is 27.7 Å². The first-order chi connectivity index (χ1) is 18.6. The SMILES string of the molecule is Cc1c(F)sc2ccc(CC[C@H](NC(=O)OCC3c4ccccc4-c4ccccc43)C(=O)OC(C)(C)C)cc12. The van der Waals surface area contributed by atoms with Gasteiger partial charge in [-0.25, -0.2) is 9.59 Å². The zero-order valence-corrected chi connectivity index (χ0v) is 23.4. The summed E-state index contributed by atoms with van der Waals surface area (Å²) >= 11 is 1.12. The van der Waals surface area contributed by atoms with Crippen molar-refractivity contribution in [3.8, 4) is 11.1 Å². The molecule has 3 aromatic carbocycles. The van der Waals surface area contributed by atoms with Crippen molar-refractivity contribution in [1.29, 1.82) is 0 Å². The molecular formula is C32H32FNO4S. The number of aryl methyl sites for hydroxylation is 2. The van der Waals surface area contributed by atoms with E-state index in [4.69, 9.17) is 9.47 Å². The van der Waals surface area contributed by atoms with Crippen LogP contribution in [-0.2, 0) is 20.7 Å². The minimum atomic E-state index is -0.893. The Bertz CT molecular complexity index is 1490. The molecule has 0 unspecified atom stereocenters. The minimum absolute atomic E-state index is 0.0795. The van der Waals surface area contributed by atoms with E-state index in [0.29, 0.717) is 18.4 Å². The Morgan fingerprint density at radius 1 is 1.00 bits per heavy atom. The summed E-state index contributed by atoms with van der Waals surface area (Å²) in [6.45, 7) is 7.28. The Balaban J connectivity index is 1.28. The first-order valence-electron chi connectivity index (χ1n) is 13.1. The fourth-order valence-corrected chi connectivity index (χ4v) is 6.02. The molecule has 1 aliphatic rings. The number of benzene rings is 3. The number of halogens is 1. The largest absolute Gasteiger partial charge is 0.458 e. The number of amides is 1. The molecule has 5 nitrogen and oxygen atoms in total. The summed E-state index contributed by atoms with van der Waals surface area (Å²) < 4.78 is 26.2. The number of esters is 1. The van der Waals surface area contributed by atoms with Gasteiger partial charge in [0.15, 0.2) is 5.13 Å². The van der Waals surface area contributed by atoms with Gasteiger partial charge >= 0.3 is 12.1 Å². The highest BCUT2D eigenvalue weighted by Gasteiger charge is 2.31. The summed E-state index contributed by atoms with van der Waals surface area (Å²) in [4.78, 5) is 26.0. The molecule has 1 heterocycles. The summed E-state index contributed by atoms with van der Waals surface area (Å²) in [5, 5.41) is 3.42. The zero-order chi connectivity index (χ0) is 27.7. The number of hydrogen-bond donors (Lipinski definition) is 1. The molecule has 0 saturated heterocycles. The van der Waals surface area contributed by atoms with Crippen molar-refractivity contribution < 1.29 is 23.5 Å². The van der Waals surface area contributed by atoms with Crippen LogP contribution in [0.1, 0.15) is 55.4 Å². The third-order valence-electron chi connectivity index (χ3n) is 6.99. The van der Waals surface area contributed by atoms with E-state index in [-0.39, 0.29) is 17.7 Å². The number of hydrogen-bond acceptors (Lipinski definition) is 5. The van der Waals surface area contributed by atoms with Gasteiger partial charge in [0.05, 0.1) is 0 Å². The number of carbonyl (C=O) groups excluding carboxylic acids is 2. The topological polar surface area (TPSA) is 64.6 Å². The van der Waals surface area contributed by atoms with Gasteiger partial charge in [-0.05, 0) is 85.9 Å². The van der Waals surface area contributed by atoms with Gasteiger partial charge in [0.2, 0.25) is 0 Å². The molecule has 1 aromatic heterocycles. The Morgan fingerprint density at radius 3 is 2.28 bits per heavy atom. The second-order valence-electron chi connectivity index (χ2n) is 10.9. The number of thiophene rings is 1. The van der Waals surface area contributed by atoms with Crippen LogP contribution < -0.4 is 5.32 Å². The van der Waals surface area contributed by atoms with E-state index < -0.39 is 23.7 Å². The normalized spacial score (nSPS) is 13.6. The molecule has 0 fully saturated rings. The molecule has 4 aromatic rings. The van der Waals surface area contributed by atoms with Crippen LogP contribution in [0.25, 0.3) is 21.2 Å². The van der Waals surface area contributed by atoms with Crippen LogP contribution in [0.5, 0.6) is 0 Å². The first-order valence-corrected chi connectivity index (χ1v) is 13.9. The molecule has 0 spiro atoms. The Morgan fingerprint density at radius 2 is 1.64 bits per heavy atom. The molecule has 202 valence electrons. The lowest BCUT2D eigenvalue weighted by atomic mass is 9.98. The third kappa shape index (κ3) is 5.83. The molecule has 0 bridgehead atoms. The van der Waals surface area contributed by atoms with Gasteiger partial charge in [-0.15, -0.1) is 11.3 Å². The molecular weight excluding hydrogens is 513 g/mol. The van der Waals surface area contributed by atoms with Gasteiger partial charge in [0, 0.05) is 16.2 Å². The Kier molecular flexibility index (Phi) is 7.45. The fourth-order valence-electron chi connectivity index (χ4n) is 5.11. The smallest absolute Gasteiger partial charge is 0.407 e. The van der Waals surface area contributed by atoms with E-state index in [0.717, 1.165) is 49.2 Å². The Labute approximate surface area is 232 Å². The molecule has 1 amide bonds. The van der Waals surface area contributed by atoms with Crippen LogP contribution in [0.2, 0.25) is 0 Å². The van der Waals surface area contributed by atoms with E-state index >= 15 is 0 Å². The highest BCUT2D eigenvalue weighted by Crippen LogP contribution is 2.44. The van der Waals surface area contributed by atoms with Crippen molar-refractivity contribution >= 4 is 33.5 Å². The van der Waals surface area contributed by atoms with Gasteiger partial charge in [-0.3, -0.25) is 0 Å². The number of carbonyl (C=O) groups is 2. The summed E-state index contributed by atoms with van der Waals surface area (Å²) in [7, 11) is 0. The standard InChI is InChI=1S/C32H32FNO4S/c1-19-25-17-20(14-16-28(25)39-29(19)33)13-15-27(30(35)38-32(2,3)4)34-31(36)37-18-26-23-11-7-5-9-21(23)22-10-6-8-12-24(22)26/h5-12,14,16-17,26-27H,13,15,18H2,1-4H3,(H,34,36)/t27-/m0/s1. The fraction of sp³-hybridized carbons (Fsp3) is 0.312. The van der Waals surface area contributed by atoms with E-state index in [9.17, 15) is 14.0 Å². The number of fused-ring (bicyclic) bond motifs is 4. The summed E-state index contributed by atoms with van der Waals surface area (Å²) in [6.07, 6.45) is 0.149. The van der Waals surface area contributed by atoms with Crippen molar-refractivity contribution in [2.45, 2.75) is 58.1 Å². The predicted molar refractivity (Wildman–Crippen MR) is 153 cm³/mol. The summed E-state index contributed by atoms with van der Waals surface area (Å²) in [6, 6.07) is 21.1. The number of ether oxygens (including phenoxy) is 2. The predicted octanol–water partition coefficient (Wildman–Crippen LogP) is 7.53. The van der Waals surface area contributed by atoms with Crippen LogP contribution in [0.4, 0.5) is 9.18 Å². The average molecular weight is 546 g/mol. The van der Waals surface area contributed by atoms with E-state index in [2.05, 4.69) is 29.6 Å². The van der Waals surface area contributed by atoms with Gasteiger partial charge in [-0.1, -0.05) is 54.6 Å². The van der Waals surface area contributed by atoms with Crippen LogP contribution in [0.15, 0.2) is 66.7 Å². The van der Waals surface area contributed by atoms with Crippen molar-refractivity contribution in [2.75, 3.05) is 6.61 Å². The number of alkyl carbamates (subject to hydrolysis) is 1. The van der Waals surface area contributed by atoms with E-state index in [1.165, 1.54) is 0 Å². The third-order valence-corrected chi connectivity index (χ3v) is 8.05. The van der Waals surface area contributed by atoms with Crippen molar-refractivity contribution in [1.82, 2.24) is 5.32 Å². The second-order valence-corrected chi connectivity index (χ2v) is 11.9. The van der Waals surface area contributed by atoms with Gasteiger partial charge in [0.1, 0.15) is 18.2 Å². The highest BCUT2D eigenvalue weighted by molar-refractivity contribution is 7.17. The molecule has 0 radical (unpaired) electrons. The maximum Gasteiger partial charge on any atom is 0.407 e. The van der Waals surface area contributed by atoms with Gasteiger partial charge in [0.25, 0.3) is 0 Å². The Hall–Kier alpha value is -3.71. The molecule has 0 aliphatic heterocycles. The zero-order valence-electron chi connectivity index (χ0n) is 22.5. The van der Waals surface area contributed by atoms with Crippen LogP contribution in [-0.4, -0.2) is 30.3 Å². The lowest BCUT2D eigenvalue weighted by Crippen LogP contribution is -2.45. The number of nitrogens with one attached hydrogen (secondary N) is 1. The maximum atomic E-state index is 14.0. The quantitative estimate of drug-likeness (QED) is 0.244. The summed E-state index contributed by atoms with van der Waals surface area (Å²) in [5.74, 6) is -0.598. The monoisotopic (exact) mass is 545 g/mol. The minimum Gasteiger partial charge on any atom is -0.458 e. The van der Waals surface area contributed by atoms with Gasteiger partial charge in [-0.2, -0.15) is 4.39 Å². The maximum absolute atomic E-state index is 14.0. The summed E-state index contributed by atoms with van der Waals surface area (Å²) in [5.41, 5.74) is 5.39. The molecule has 39 heavy (non-hydrogen) atoms. The molecule has 1 aliphatic carbocycles. The highest BCUT2D eigenvalue weighted by atomic mass is 32.1. The second kappa shape index (κ2) is 10.8. The molecule has 1 atom stereocenters. The first kappa shape index (κ1) is 26.9. The molecule has 1 N–H and O–H groups in total. The lowest BCUT2D eigenvalue weighted by molar-refractivity contribution is -0.157. The van der Waals surface area contributed by atoms with Gasteiger partial charge < -0.3 is 14.8 Å². The molecule has 0 saturated carbocycles. The lowest BCUT2D eigenvalue weighted by Gasteiger charge is -2.25. The van der Waals surface area contributed by atoms with Crippen LogP contribution in [0.3, 0.4) is 0 Å². The molecule has 7 heteroatoms. The van der Waals surface area contributed by atoms with Crippen LogP contribution >= 0.6 is 11.3 Å². The van der Waals surface area contributed by atoms with Crippen LogP contribution in [0, 0.1) is 12.1 Å². The van der Waals surface area contributed by atoms with Crippen molar-refractivity contribution in [3.63, 3.8) is 0 Å². The number of rotatable bonds is 7. The average Bonchev–Trinajstić information content (AvgIpc) is 3.37. The van der Waals surface area contributed by atoms with E-state index in [1.807, 2.05) is 42.5 Å². The molecule has 5 rings (SSSR count).